The zero-order valence-electron chi connectivity index (χ0n) is 15.1. The van der Waals surface area contributed by atoms with Gasteiger partial charge in [-0.3, -0.25) is 4.79 Å². The normalized spacial score (nSPS) is 18.6. The first-order chi connectivity index (χ1) is 11.0. The molecule has 0 aliphatic carbocycles. The van der Waals surface area contributed by atoms with Gasteiger partial charge in [0.2, 0.25) is 0 Å². The second-order valence-corrected chi connectivity index (χ2v) is 7.23. The van der Waals surface area contributed by atoms with Crippen molar-refractivity contribution in [3.63, 3.8) is 0 Å². The Balaban J connectivity index is 0.000000243. The summed E-state index contributed by atoms with van der Waals surface area (Å²) in [5.74, 6) is 0.182. The van der Waals surface area contributed by atoms with Gasteiger partial charge in [-0.05, 0) is 51.5 Å². The van der Waals surface area contributed by atoms with Crippen molar-refractivity contribution in [2.24, 2.45) is 0 Å². The van der Waals surface area contributed by atoms with Gasteiger partial charge < -0.3 is 15.2 Å². The molecule has 1 aliphatic rings. The van der Waals surface area contributed by atoms with Gasteiger partial charge in [-0.2, -0.15) is 0 Å². The predicted octanol–water partition coefficient (Wildman–Crippen LogP) is 3.29. The first-order valence-electron chi connectivity index (χ1n) is 7.89. The third-order valence-corrected chi connectivity index (χ3v) is 3.49. The number of Topliss-reactive ketones (excluding diaryl/α,β-unsaturated/α-hetero) is 1. The van der Waals surface area contributed by atoms with E-state index in [0.717, 1.165) is 17.4 Å². The molecule has 0 saturated carbocycles. The maximum atomic E-state index is 11.3. The van der Waals surface area contributed by atoms with E-state index in [0.29, 0.717) is 18.6 Å². The molecule has 5 heteroatoms. The lowest BCUT2D eigenvalue weighted by atomic mass is 9.82. The summed E-state index contributed by atoms with van der Waals surface area (Å²) in [5.41, 5.74) is 0.806. The molecule has 1 heterocycles. The van der Waals surface area contributed by atoms with Crippen molar-refractivity contribution in [3.05, 3.63) is 35.9 Å². The number of nitrogens with one attached hydrogen (secondary N) is 1. The lowest BCUT2D eigenvalue weighted by Gasteiger charge is -2.41. The van der Waals surface area contributed by atoms with E-state index < -0.39 is 5.97 Å². The summed E-state index contributed by atoms with van der Waals surface area (Å²) in [6.07, 6.45) is 3.95. The van der Waals surface area contributed by atoms with Gasteiger partial charge in [0.25, 0.3) is 0 Å². The standard InChI is InChI=1S/C10H10O3.C9H17NO/c1-13-9-5-2-8(3-6-9)4-7-10(11)12;1-8(2)5-7(11)6-9(3,4)10-8/h2-7H,1H3,(H,11,12);10H,5-6H2,1-4H3/b7-4+;. The monoisotopic (exact) mass is 333 g/mol. The Labute approximate surface area is 143 Å². The number of carboxylic acids is 1. The average Bonchev–Trinajstić information content (AvgIpc) is 2.42. The first kappa shape index (κ1) is 19.9. The first-order valence-corrected chi connectivity index (χ1v) is 7.89. The number of carbonyl (C=O) groups excluding carboxylic acids is 1. The molecular weight excluding hydrogens is 306 g/mol. The number of piperidine rings is 1. The summed E-state index contributed by atoms with van der Waals surface area (Å²) in [6, 6.07) is 7.14. The van der Waals surface area contributed by atoms with Gasteiger partial charge in [0.15, 0.2) is 0 Å². The second-order valence-electron chi connectivity index (χ2n) is 7.23. The van der Waals surface area contributed by atoms with Crippen LogP contribution >= 0.6 is 0 Å². The maximum Gasteiger partial charge on any atom is 0.328 e. The van der Waals surface area contributed by atoms with Crippen LogP contribution in [0.2, 0.25) is 0 Å². The van der Waals surface area contributed by atoms with Gasteiger partial charge >= 0.3 is 5.97 Å². The molecule has 0 radical (unpaired) electrons. The van der Waals surface area contributed by atoms with Gasteiger partial charge in [0.1, 0.15) is 11.5 Å². The molecule has 2 N–H and O–H groups in total. The fourth-order valence-electron chi connectivity index (χ4n) is 2.94. The molecule has 0 bridgehead atoms. The van der Waals surface area contributed by atoms with Crippen LogP contribution < -0.4 is 10.1 Å². The van der Waals surface area contributed by atoms with Crippen molar-refractivity contribution in [2.45, 2.75) is 51.6 Å². The fraction of sp³-hybridized carbons (Fsp3) is 0.474. The number of ketones is 1. The number of rotatable bonds is 3. The quantitative estimate of drug-likeness (QED) is 0.830. The number of aliphatic carboxylic acids is 1. The highest BCUT2D eigenvalue weighted by Crippen LogP contribution is 2.25. The number of ether oxygens (including phenoxy) is 1. The number of benzene rings is 1. The summed E-state index contributed by atoms with van der Waals surface area (Å²) in [7, 11) is 1.59. The Kier molecular flexibility index (Phi) is 6.72. The molecule has 5 nitrogen and oxygen atoms in total. The largest absolute Gasteiger partial charge is 0.497 e. The third kappa shape index (κ3) is 7.42. The van der Waals surface area contributed by atoms with E-state index in [9.17, 15) is 9.59 Å². The number of hydrogen-bond donors (Lipinski definition) is 2. The van der Waals surface area contributed by atoms with Crippen LogP contribution in [0.3, 0.4) is 0 Å². The lowest BCUT2D eigenvalue weighted by molar-refractivity contribution is -0.131. The molecule has 1 aromatic carbocycles. The van der Waals surface area contributed by atoms with Crippen molar-refractivity contribution in [1.29, 1.82) is 0 Å². The van der Waals surface area contributed by atoms with Crippen LogP contribution in [0.25, 0.3) is 6.08 Å². The van der Waals surface area contributed by atoms with Crippen LogP contribution in [0, 0.1) is 0 Å². The average molecular weight is 333 g/mol. The molecule has 0 aromatic heterocycles. The third-order valence-electron chi connectivity index (χ3n) is 3.49. The summed E-state index contributed by atoms with van der Waals surface area (Å²) in [6.45, 7) is 8.30. The van der Waals surface area contributed by atoms with E-state index in [1.807, 2.05) is 0 Å². The van der Waals surface area contributed by atoms with Crippen molar-refractivity contribution in [3.8, 4) is 5.75 Å². The topological polar surface area (TPSA) is 75.6 Å². The van der Waals surface area contributed by atoms with Gasteiger partial charge in [-0.15, -0.1) is 0 Å². The predicted molar refractivity (Wildman–Crippen MR) is 95.2 cm³/mol. The van der Waals surface area contributed by atoms with Crippen LogP contribution in [0.4, 0.5) is 0 Å². The minimum absolute atomic E-state index is 0.0150. The van der Waals surface area contributed by atoms with Crippen LogP contribution in [0.5, 0.6) is 5.75 Å². The van der Waals surface area contributed by atoms with Crippen LogP contribution in [-0.2, 0) is 9.59 Å². The van der Waals surface area contributed by atoms with Crippen molar-refractivity contribution < 1.29 is 19.4 Å². The summed E-state index contributed by atoms with van der Waals surface area (Å²) >= 11 is 0. The van der Waals surface area contributed by atoms with Crippen LogP contribution in [0.15, 0.2) is 30.3 Å². The van der Waals surface area contributed by atoms with Crippen molar-refractivity contribution in [1.82, 2.24) is 5.32 Å². The smallest absolute Gasteiger partial charge is 0.328 e. The Morgan fingerprint density at radius 3 is 2.00 bits per heavy atom. The zero-order chi connectivity index (χ0) is 18.4. The second kappa shape index (κ2) is 8.11. The fourth-order valence-corrected chi connectivity index (χ4v) is 2.94. The molecule has 0 spiro atoms. The molecule has 1 saturated heterocycles. The van der Waals surface area contributed by atoms with Crippen molar-refractivity contribution in [2.75, 3.05) is 7.11 Å². The van der Waals surface area contributed by atoms with Crippen LogP contribution in [-0.4, -0.2) is 35.0 Å². The van der Waals surface area contributed by atoms with E-state index in [4.69, 9.17) is 9.84 Å². The van der Waals surface area contributed by atoms with Crippen LogP contribution in [0.1, 0.15) is 46.1 Å². The molecule has 0 atom stereocenters. The minimum atomic E-state index is -0.948. The molecule has 1 fully saturated rings. The van der Waals surface area contributed by atoms with Crippen molar-refractivity contribution >= 4 is 17.8 Å². The molecule has 0 amide bonds. The van der Waals surface area contributed by atoms with E-state index in [2.05, 4.69) is 33.0 Å². The van der Waals surface area contributed by atoms with Gasteiger partial charge in [-0.1, -0.05) is 12.1 Å². The number of methoxy groups -OCH3 is 1. The van der Waals surface area contributed by atoms with Gasteiger partial charge in [-0.25, -0.2) is 4.79 Å². The van der Waals surface area contributed by atoms with E-state index in [1.165, 1.54) is 6.08 Å². The SMILES string of the molecule is CC1(C)CC(=O)CC(C)(C)N1.COc1ccc(/C=C/C(=O)O)cc1. The minimum Gasteiger partial charge on any atom is -0.497 e. The molecule has 1 aromatic rings. The summed E-state index contributed by atoms with van der Waals surface area (Å²) in [5, 5.41) is 11.8. The Morgan fingerprint density at radius 1 is 1.12 bits per heavy atom. The number of carbonyl (C=O) groups is 2. The maximum absolute atomic E-state index is 11.3. The van der Waals surface area contributed by atoms with E-state index >= 15 is 0 Å². The summed E-state index contributed by atoms with van der Waals surface area (Å²) in [4.78, 5) is 21.4. The molecule has 132 valence electrons. The summed E-state index contributed by atoms with van der Waals surface area (Å²) < 4.78 is 4.95. The van der Waals surface area contributed by atoms with Gasteiger partial charge in [0, 0.05) is 30.0 Å². The highest BCUT2D eigenvalue weighted by atomic mass is 16.5. The zero-order valence-corrected chi connectivity index (χ0v) is 15.1. The molecule has 24 heavy (non-hydrogen) atoms. The molecule has 0 unspecified atom stereocenters. The number of hydrogen-bond acceptors (Lipinski definition) is 4. The van der Waals surface area contributed by atoms with E-state index in [-0.39, 0.29) is 11.1 Å². The Morgan fingerprint density at radius 2 is 1.62 bits per heavy atom. The van der Waals surface area contributed by atoms with E-state index in [1.54, 1.807) is 31.4 Å². The molecule has 1 aliphatic heterocycles. The number of carboxylic acid groups (broad SMARTS) is 1. The van der Waals surface area contributed by atoms with Gasteiger partial charge in [0.05, 0.1) is 7.11 Å². The Bertz CT molecular complexity index is 582. The molecular formula is C19H27NO4. The highest BCUT2D eigenvalue weighted by molar-refractivity contribution is 5.85. The lowest BCUT2D eigenvalue weighted by Crippen LogP contribution is -2.58. The molecule has 2 rings (SSSR count). The highest BCUT2D eigenvalue weighted by Gasteiger charge is 2.36. The Hall–Kier alpha value is -2.14.